The minimum Gasteiger partial charge on any atom is -0.444 e. The van der Waals surface area contributed by atoms with Crippen molar-refractivity contribution in [3.8, 4) is 5.75 Å². The molecule has 1 aromatic rings. The maximum Gasteiger partial charge on any atom is 0.573 e. The third-order valence-corrected chi connectivity index (χ3v) is 2.92. The molecule has 160 valence electrons. The molecule has 0 bridgehead atoms. The van der Waals surface area contributed by atoms with E-state index >= 15 is 0 Å². The lowest BCUT2D eigenvalue weighted by atomic mass is 10.2. The van der Waals surface area contributed by atoms with Gasteiger partial charge in [0.1, 0.15) is 11.4 Å². The normalized spacial score (nSPS) is 12.0. The molecule has 0 aliphatic heterocycles. The first-order chi connectivity index (χ1) is 12.4. The van der Waals surface area contributed by atoms with Crippen molar-refractivity contribution in [2.24, 2.45) is 10.7 Å². The Morgan fingerprint density at radius 2 is 1.68 bits per heavy atom. The second-order valence-electron chi connectivity index (χ2n) is 6.60. The quantitative estimate of drug-likeness (QED) is 0.222. The molecule has 28 heavy (non-hydrogen) atoms. The molecule has 1 aromatic carbocycles. The zero-order valence-corrected chi connectivity index (χ0v) is 18.3. The fourth-order valence-corrected chi connectivity index (χ4v) is 1.84. The highest BCUT2D eigenvalue weighted by atomic mass is 127. The van der Waals surface area contributed by atoms with Crippen LogP contribution in [0.3, 0.4) is 0 Å². The monoisotopic (exact) mass is 518 g/mol. The first-order valence-electron chi connectivity index (χ1n) is 8.30. The molecule has 0 spiro atoms. The number of ether oxygens (including phenoxy) is 2. The Bertz CT molecular complexity index is 632. The zero-order valence-electron chi connectivity index (χ0n) is 15.9. The molecule has 1 rings (SSSR count). The summed E-state index contributed by atoms with van der Waals surface area (Å²) >= 11 is 0. The number of amides is 1. The van der Waals surface area contributed by atoms with Gasteiger partial charge >= 0.3 is 12.5 Å². The Balaban J connectivity index is 0.00000729. The van der Waals surface area contributed by atoms with Gasteiger partial charge in [-0.25, -0.2) is 9.79 Å². The molecular formula is C17H26F3IN4O3. The summed E-state index contributed by atoms with van der Waals surface area (Å²) in [5.74, 6) is -0.0956. The van der Waals surface area contributed by atoms with E-state index in [4.69, 9.17) is 10.5 Å². The summed E-state index contributed by atoms with van der Waals surface area (Å²) in [6, 6.07) is 5.37. The maximum absolute atomic E-state index is 12.1. The largest absolute Gasteiger partial charge is 0.573 e. The van der Waals surface area contributed by atoms with Gasteiger partial charge in [0.15, 0.2) is 5.96 Å². The van der Waals surface area contributed by atoms with Gasteiger partial charge in [0, 0.05) is 13.1 Å². The van der Waals surface area contributed by atoms with E-state index in [1.165, 1.54) is 24.3 Å². The molecule has 0 unspecified atom stereocenters. The first kappa shape index (κ1) is 26.1. The number of alkyl halides is 3. The predicted molar refractivity (Wildman–Crippen MR) is 111 cm³/mol. The standard InChI is InChI=1S/C17H25F3N4O3.HI/c1-16(2,3)27-15(25)23-10-4-9-22-14(21)24-11-12-5-7-13(8-6-12)26-17(18,19)20;/h5-8H,4,9-11H2,1-3H3,(H,23,25)(H3,21,22,24);1H. The SMILES string of the molecule is CC(C)(C)OC(=O)NCCCNC(N)=NCc1ccc(OC(F)(F)F)cc1.I. The lowest BCUT2D eigenvalue weighted by Crippen LogP contribution is -2.36. The number of rotatable bonds is 7. The number of carbonyl (C=O) groups is 1. The van der Waals surface area contributed by atoms with Crippen molar-refractivity contribution in [1.82, 2.24) is 10.6 Å². The molecule has 0 saturated heterocycles. The first-order valence-corrected chi connectivity index (χ1v) is 8.30. The van der Waals surface area contributed by atoms with E-state index in [-0.39, 0.29) is 42.2 Å². The molecule has 0 atom stereocenters. The fraction of sp³-hybridized carbons (Fsp3) is 0.529. The molecule has 7 nitrogen and oxygen atoms in total. The average Bonchev–Trinajstić information content (AvgIpc) is 2.50. The van der Waals surface area contributed by atoms with E-state index < -0.39 is 18.1 Å². The molecule has 11 heteroatoms. The van der Waals surface area contributed by atoms with Gasteiger partial charge < -0.3 is 25.8 Å². The zero-order chi connectivity index (χ0) is 20.5. The summed E-state index contributed by atoms with van der Waals surface area (Å²) in [6.07, 6.45) is -4.59. The molecule has 0 aliphatic rings. The second-order valence-corrected chi connectivity index (χ2v) is 6.60. The van der Waals surface area contributed by atoms with Gasteiger partial charge in [-0.2, -0.15) is 0 Å². The van der Waals surface area contributed by atoms with Gasteiger partial charge in [-0.3, -0.25) is 0 Å². The molecule has 0 aliphatic carbocycles. The summed E-state index contributed by atoms with van der Waals surface area (Å²) in [5.41, 5.74) is 5.85. The third kappa shape index (κ3) is 13.3. The number of aliphatic imine (C=N–C) groups is 1. The maximum atomic E-state index is 12.1. The molecule has 4 N–H and O–H groups in total. The smallest absolute Gasteiger partial charge is 0.444 e. The van der Waals surface area contributed by atoms with Gasteiger partial charge in [0.2, 0.25) is 0 Å². The van der Waals surface area contributed by atoms with Crippen LogP contribution in [-0.4, -0.2) is 37.1 Å². The van der Waals surface area contributed by atoms with Crippen LogP contribution in [-0.2, 0) is 11.3 Å². The van der Waals surface area contributed by atoms with Crippen LogP contribution in [0.4, 0.5) is 18.0 Å². The highest BCUT2D eigenvalue weighted by Crippen LogP contribution is 2.22. The van der Waals surface area contributed by atoms with Gasteiger partial charge in [0.25, 0.3) is 0 Å². The number of carbonyl (C=O) groups excluding carboxylic acids is 1. The van der Waals surface area contributed by atoms with E-state index in [9.17, 15) is 18.0 Å². The minimum atomic E-state index is -4.72. The van der Waals surface area contributed by atoms with Gasteiger partial charge in [-0.05, 0) is 44.9 Å². The highest BCUT2D eigenvalue weighted by Gasteiger charge is 2.30. The van der Waals surface area contributed by atoms with Gasteiger partial charge in [0.05, 0.1) is 6.54 Å². The van der Waals surface area contributed by atoms with E-state index in [2.05, 4.69) is 20.4 Å². The molecule has 0 saturated carbocycles. The topological polar surface area (TPSA) is 98.0 Å². The van der Waals surface area contributed by atoms with Crippen molar-refractivity contribution in [3.05, 3.63) is 29.8 Å². The number of nitrogens with one attached hydrogen (secondary N) is 2. The number of halogens is 4. The minimum absolute atomic E-state index is 0. The van der Waals surface area contributed by atoms with Gasteiger partial charge in [-0.15, -0.1) is 37.1 Å². The van der Waals surface area contributed by atoms with Crippen LogP contribution in [0.25, 0.3) is 0 Å². The Kier molecular flexibility index (Phi) is 11.0. The number of benzene rings is 1. The fourth-order valence-electron chi connectivity index (χ4n) is 1.84. The molecule has 0 heterocycles. The van der Waals surface area contributed by atoms with Crippen molar-refractivity contribution in [3.63, 3.8) is 0 Å². The van der Waals surface area contributed by atoms with Crippen LogP contribution in [0.2, 0.25) is 0 Å². The third-order valence-electron chi connectivity index (χ3n) is 2.92. The Morgan fingerprint density at radius 3 is 2.21 bits per heavy atom. The Morgan fingerprint density at radius 1 is 1.11 bits per heavy atom. The van der Waals surface area contributed by atoms with Crippen LogP contribution in [0.5, 0.6) is 5.75 Å². The van der Waals surface area contributed by atoms with Crippen molar-refractivity contribution in [2.75, 3.05) is 13.1 Å². The summed E-state index contributed by atoms with van der Waals surface area (Å²) in [4.78, 5) is 15.5. The van der Waals surface area contributed by atoms with E-state index in [0.717, 1.165) is 0 Å². The lowest BCUT2D eigenvalue weighted by Gasteiger charge is -2.19. The van der Waals surface area contributed by atoms with Crippen LogP contribution >= 0.6 is 24.0 Å². The number of hydrogen-bond acceptors (Lipinski definition) is 4. The Hall–Kier alpha value is -1.92. The van der Waals surface area contributed by atoms with E-state index in [0.29, 0.717) is 25.1 Å². The van der Waals surface area contributed by atoms with Crippen molar-refractivity contribution in [2.45, 2.75) is 45.7 Å². The molecular weight excluding hydrogens is 492 g/mol. The number of alkyl carbamates (subject to hydrolysis) is 1. The van der Waals surface area contributed by atoms with Gasteiger partial charge in [-0.1, -0.05) is 12.1 Å². The predicted octanol–water partition coefficient (Wildman–Crippen LogP) is 3.52. The van der Waals surface area contributed by atoms with Crippen molar-refractivity contribution in [1.29, 1.82) is 0 Å². The number of nitrogens with zero attached hydrogens (tertiary/aromatic N) is 1. The Labute approximate surface area is 179 Å². The summed E-state index contributed by atoms with van der Waals surface area (Å²) < 4.78 is 45.1. The second kappa shape index (κ2) is 11.8. The van der Waals surface area contributed by atoms with Crippen LogP contribution < -0.4 is 21.1 Å². The summed E-state index contributed by atoms with van der Waals surface area (Å²) in [7, 11) is 0. The average molecular weight is 518 g/mol. The molecule has 0 aromatic heterocycles. The van der Waals surface area contributed by atoms with Crippen LogP contribution in [0.1, 0.15) is 32.8 Å². The van der Waals surface area contributed by atoms with E-state index in [1.54, 1.807) is 20.8 Å². The number of nitrogens with two attached hydrogens (primary N) is 1. The van der Waals surface area contributed by atoms with Crippen molar-refractivity contribution >= 4 is 36.0 Å². The molecule has 1 amide bonds. The van der Waals surface area contributed by atoms with Crippen molar-refractivity contribution < 1.29 is 27.4 Å². The summed E-state index contributed by atoms with van der Waals surface area (Å²) in [6.45, 7) is 6.45. The summed E-state index contributed by atoms with van der Waals surface area (Å²) in [5, 5.41) is 5.50. The molecule has 0 radical (unpaired) electrons. The molecule has 0 fully saturated rings. The van der Waals surface area contributed by atoms with E-state index in [1.807, 2.05) is 0 Å². The highest BCUT2D eigenvalue weighted by molar-refractivity contribution is 14.0. The van der Waals surface area contributed by atoms with Crippen LogP contribution in [0.15, 0.2) is 29.3 Å². The number of hydrogen-bond donors (Lipinski definition) is 3. The van der Waals surface area contributed by atoms with Crippen LogP contribution in [0, 0.1) is 0 Å². The number of guanidine groups is 1. The lowest BCUT2D eigenvalue weighted by molar-refractivity contribution is -0.274.